The molecule has 0 unspecified atom stereocenters. The first-order valence-corrected chi connectivity index (χ1v) is 9.74. The summed E-state index contributed by atoms with van der Waals surface area (Å²) >= 11 is 7.32. The number of halogens is 1. The molecule has 0 atom stereocenters. The van der Waals surface area contributed by atoms with Gasteiger partial charge in [0.1, 0.15) is 0 Å². The number of nitrogens with zero attached hydrogens (tertiary/aromatic N) is 1. The molecule has 2 N–H and O–H groups in total. The van der Waals surface area contributed by atoms with E-state index in [4.69, 9.17) is 16.3 Å². The van der Waals surface area contributed by atoms with Crippen LogP contribution in [0, 0.1) is 6.92 Å². The van der Waals surface area contributed by atoms with E-state index in [-0.39, 0.29) is 5.69 Å². The van der Waals surface area contributed by atoms with Crippen LogP contribution in [-0.2, 0) is 16.1 Å². The van der Waals surface area contributed by atoms with Gasteiger partial charge in [0.2, 0.25) is 0 Å². The summed E-state index contributed by atoms with van der Waals surface area (Å²) in [5.74, 6) is -1.10. The summed E-state index contributed by atoms with van der Waals surface area (Å²) in [7, 11) is 0. The van der Waals surface area contributed by atoms with Crippen LogP contribution < -0.4 is 10.6 Å². The van der Waals surface area contributed by atoms with E-state index in [0.29, 0.717) is 22.4 Å². The Kier molecular flexibility index (Phi) is 6.62. The number of ether oxygens (including phenoxy) is 1. The van der Waals surface area contributed by atoms with Crippen molar-refractivity contribution in [2.24, 2.45) is 0 Å². The van der Waals surface area contributed by atoms with Crippen LogP contribution in [0.5, 0.6) is 0 Å². The summed E-state index contributed by atoms with van der Waals surface area (Å²) in [6.45, 7) is 1.99. The number of aromatic nitrogens is 1. The molecule has 3 aromatic rings. The van der Waals surface area contributed by atoms with Crippen molar-refractivity contribution in [3.8, 4) is 0 Å². The van der Waals surface area contributed by atoms with Crippen molar-refractivity contribution in [2.45, 2.75) is 13.5 Å². The van der Waals surface area contributed by atoms with Gasteiger partial charge in [-0.25, -0.2) is 9.78 Å². The molecule has 2 aromatic carbocycles. The maximum atomic E-state index is 12.1. The summed E-state index contributed by atoms with van der Waals surface area (Å²) in [4.78, 5) is 28.3. The van der Waals surface area contributed by atoms with E-state index in [0.717, 1.165) is 11.1 Å². The molecule has 0 spiro atoms. The molecule has 3 rings (SSSR count). The number of hydrogen-bond donors (Lipinski definition) is 2. The van der Waals surface area contributed by atoms with Gasteiger partial charge in [-0.2, -0.15) is 0 Å². The van der Waals surface area contributed by atoms with Gasteiger partial charge in [-0.05, 0) is 30.2 Å². The topological polar surface area (TPSA) is 80.3 Å². The molecule has 0 saturated heterocycles. The van der Waals surface area contributed by atoms with Crippen molar-refractivity contribution in [2.75, 3.05) is 17.2 Å². The van der Waals surface area contributed by atoms with Crippen LogP contribution in [0.3, 0.4) is 0 Å². The SMILES string of the molecule is Cc1c(Cl)cccc1NC(=O)COC(=O)c1csc(NCc2ccccc2)n1. The predicted octanol–water partition coefficient (Wildman–Crippen LogP) is 4.51. The fraction of sp³-hybridized carbons (Fsp3) is 0.150. The van der Waals surface area contributed by atoms with Gasteiger partial charge in [0.25, 0.3) is 5.91 Å². The highest BCUT2D eigenvalue weighted by Crippen LogP contribution is 2.23. The first-order chi connectivity index (χ1) is 13.5. The minimum atomic E-state index is -0.651. The van der Waals surface area contributed by atoms with Gasteiger partial charge in [-0.1, -0.05) is 48.0 Å². The van der Waals surface area contributed by atoms with Gasteiger partial charge in [0, 0.05) is 22.6 Å². The summed E-state index contributed by atoms with van der Waals surface area (Å²) in [6.07, 6.45) is 0. The summed E-state index contributed by atoms with van der Waals surface area (Å²) < 4.78 is 5.04. The van der Waals surface area contributed by atoms with E-state index in [9.17, 15) is 9.59 Å². The van der Waals surface area contributed by atoms with E-state index in [2.05, 4.69) is 15.6 Å². The van der Waals surface area contributed by atoms with Crippen molar-refractivity contribution in [1.82, 2.24) is 4.98 Å². The van der Waals surface area contributed by atoms with Crippen molar-refractivity contribution in [1.29, 1.82) is 0 Å². The Hall–Kier alpha value is -2.90. The molecule has 6 nitrogen and oxygen atoms in total. The normalized spacial score (nSPS) is 10.4. The Morgan fingerprint density at radius 3 is 2.71 bits per heavy atom. The molecule has 0 aliphatic rings. The van der Waals surface area contributed by atoms with Crippen LogP contribution >= 0.6 is 22.9 Å². The van der Waals surface area contributed by atoms with Crippen LogP contribution in [0.25, 0.3) is 0 Å². The predicted molar refractivity (Wildman–Crippen MR) is 111 cm³/mol. The number of nitrogens with one attached hydrogen (secondary N) is 2. The minimum Gasteiger partial charge on any atom is -0.451 e. The third-order valence-corrected chi connectivity index (χ3v) is 5.09. The number of esters is 1. The Balaban J connectivity index is 1.49. The standard InChI is InChI=1S/C20H18ClN3O3S/c1-13-15(21)8-5-9-16(13)23-18(25)11-27-19(26)17-12-28-20(24-17)22-10-14-6-3-2-4-7-14/h2-9,12H,10-11H2,1H3,(H,22,24)(H,23,25). The van der Waals surface area contributed by atoms with E-state index in [1.165, 1.54) is 11.3 Å². The molecule has 0 radical (unpaired) electrons. The molecule has 0 fully saturated rings. The summed E-state index contributed by atoms with van der Waals surface area (Å²) in [6, 6.07) is 15.0. The smallest absolute Gasteiger partial charge is 0.358 e. The summed E-state index contributed by atoms with van der Waals surface area (Å²) in [5, 5.41) is 8.57. The van der Waals surface area contributed by atoms with E-state index in [1.807, 2.05) is 30.3 Å². The highest BCUT2D eigenvalue weighted by molar-refractivity contribution is 7.13. The van der Waals surface area contributed by atoms with Gasteiger partial charge in [0.15, 0.2) is 17.4 Å². The second-order valence-electron chi connectivity index (χ2n) is 5.91. The lowest BCUT2D eigenvalue weighted by Gasteiger charge is -2.09. The molecule has 1 aromatic heterocycles. The molecule has 0 saturated carbocycles. The summed E-state index contributed by atoms with van der Waals surface area (Å²) in [5.41, 5.74) is 2.59. The molecule has 1 heterocycles. The lowest BCUT2D eigenvalue weighted by Crippen LogP contribution is -2.21. The molecule has 8 heteroatoms. The number of amides is 1. The second kappa shape index (κ2) is 9.34. The van der Waals surface area contributed by atoms with E-state index >= 15 is 0 Å². The molecule has 0 aliphatic carbocycles. The zero-order chi connectivity index (χ0) is 19.9. The van der Waals surface area contributed by atoms with Gasteiger partial charge in [0.05, 0.1) is 0 Å². The fourth-order valence-corrected chi connectivity index (χ4v) is 3.21. The first-order valence-electron chi connectivity index (χ1n) is 8.48. The number of anilines is 2. The van der Waals surface area contributed by atoms with Crippen molar-refractivity contribution in [3.63, 3.8) is 0 Å². The van der Waals surface area contributed by atoms with Crippen LogP contribution in [0.4, 0.5) is 10.8 Å². The first kappa shape index (κ1) is 19.9. The van der Waals surface area contributed by atoms with Crippen LogP contribution in [0.2, 0.25) is 5.02 Å². The quantitative estimate of drug-likeness (QED) is 0.555. The Morgan fingerprint density at radius 1 is 1.14 bits per heavy atom. The maximum Gasteiger partial charge on any atom is 0.358 e. The van der Waals surface area contributed by atoms with E-state index < -0.39 is 18.5 Å². The molecular weight excluding hydrogens is 398 g/mol. The number of carbonyl (C=O) groups excluding carboxylic acids is 2. The highest BCUT2D eigenvalue weighted by atomic mass is 35.5. The third-order valence-electron chi connectivity index (χ3n) is 3.88. The van der Waals surface area contributed by atoms with Crippen molar-refractivity contribution < 1.29 is 14.3 Å². The van der Waals surface area contributed by atoms with Crippen LogP contribution in [-0.4, -0.2) is 23.5 Å². The molecule has 28 heavy (non-hydrogen) atoms. The largest absolute Gasteiger partial charge is 0.451 e. The van der Waals surface area contributed by atoms with Crippen LogP contribution in [0.15, 0.2) is 53.9 Å². The van der Waals surface area contributed by atoms with Crippen molar-refractivity contribution in [3.05, 3.63) is 75.8 Å². The third kappa shape index (κ3) is 5.31. The average molecular weight is 416 g/mol. The van der Waals surface area contributed by atoms with Crippen LogP contribution in [0.1, 0.15) is 21.6 Å². The monoisotopic (exact) mass is 415 g/mol. The van der Waals surface area contributed by atoms with Crippen molar-refractivity contribution >= 4 is 45.6 Å². The zero-order valence-electron chi connectivity index (χ0n) is 15.1. The lowest BCUT2D eigenvalue weighted by atomic mass is 10.2. The molecule has 144 valence electrons. The average Bonchev–Trinajstić information content (AvgIpc) is 3.18. The molecule has 1 amide bonds. The molecular formula is C20H18ClN3O3S. The van der Waals surface area contributed by atoms with Gasteiger partial charge in [-0.3, -0.25) is 4.79 Å². The minimum absolute atomic E-state index is 0.160. The number of rotatable bonds is 7. The fourth-order valence-electron chi connectivity index (χ4n) is 2.36. The number of carbonyl (C=O) groups is 2. The Bertz CT molecular complexity index is 976. The number of benzene rings is 2. The second-order valence-corrected chi connectivity index (χ2v) is 7.18. The molecule has 0 bridgehead atoms. The Morgan fingerprint density at radius 2 is 1.93 bits per heavy atom. The van der Waals surface area contributed by atoms with E-state index in [1.54, 1.807) is 30.5 Å². The van der Waals surface area contributed by atoms with Gasteiger partial charge >= 0.3 is 5.97 Å². The number of thiazole rings is 1. The number of hydrogen-bond acceptors (Lipinski definition) is 6. The Labute approximate surface area is 171 Å². The van der Waals surface area contributed by atoms with Gasteiger partial charge < -0.3 is 15.4 Å². The lowest BCUT2D eigenvalue weighted by molar-refractivity contribution is -0.119. The maximum absolute atomic E-state index is 12.1. The highest BCUT2D eigenvalue weighted by Gasteiger charge is 2.15. The van der Waals surface area contributed by atoms with Gasteiger partial charge in [-0.15, -0.1) is 11.3 Å². The molecule has 0 aliphatic heterocycles. The zero-order valence-corrected chi connectivity index (χ0v) is 16.6.